The van der Waals surface area contributed by atoms with Crippen molar-refractivity contribution in [2.75, 3.05) is 19.0 Å². The van der Waals surface area contributed by atoms with Gasteiger partial charge in [-0.25, -0.2) is 14.1 Å². The fraction of sp³-hybridized carbons (Fsp3) is 0.286. The van der Waals surface area contributed by atoms with E-state index >= 15 is 4.39 Å². The van der Waals surface area contributed by atoms with E-state index < -0.39 is 34.6 Å². The number of aliphatic imine (C=N–C) groups is 1. The highest BCUT2D eigenvalue weighted by molar-refractivity contribution is 5.85. The van der Waals surface area contributed by atoms with Gasteiger partial charge < -0.3 is 20.3 Å². The van der Waals surface area contributed by atoms with Crippen LogP contribution in [0.2, 0.25) is 0 Å². The molecule has 0 bridgehead atoms. The minimum absolute atomic E-state index is 0.0784. The molecule has 5 rings (SSSR count). The molecule has 0 aliphatic heterocycles. The molecule has 0 aliphatic carbocycles. The van der Waals surface area contributed by atoms with Crippen molar-refractivity contribution in [3.8, 4) is 22.7 Å². The molecule has 2 aromatic carbocycles. The van der Waals surface area contributed by atoms with Crippen LogP contribution in [0.15, 0.2) is 81.6 Å². The van der Waals surface area contributed by atoms with Crippen LogP contribution >= 0.6 is 0 Å². The number of aliphatic hydroxyl groups excluding tert-OH is 2. The number of halogens is 1. The summed E-state index contributed by atoms with van der Waals surface area (Å²) in [6, 6.07) is 14.7. The Morgan fingerprint density at radius 1 is 1.04 bits per heavy atom. The predicted molar refractivity (Wildman–Crippen MR) is 181 cm³/mol. The maximum Gasteiger partial charge on any atom is 0.290 e. The molecule has 0 unspecified atom stereocenters. The van der Waals surface area contributed by atoms with Crippen LogP contribution in [-0.4, -0.2) is 55.0 Å². The van der Waals surface area contributed by atoms with Gasteiger partial charge in [-0.1, -0.05) is 26.0 Å². The molecular weight excluding hydrogens is 603 g/mol. The highest BCUT2D eigenvalue weighted by Crippen LogP contribution is 2.30. The average Bonchev–Trinajstić information content (AvgIpc) is 3.03. The zero-order chi connectivity index (χ0) is 34.1. The second kappa shape index (κ2) is 12.9. The Morgan fingerprint density at radius 3 is 2.47 bits per heavy atom. The van der Waals surface area contributed by atoms with Gasteiger partial charge in [-0.15, -0.1) is 0 Å². The lowest BCUT2D eigenvalue weighted by atomic mass is 9.85. The summed E-state index contributed by atoms with van der Waals surface area (Å²) in [5, 5.41) is 27.8. The lowest BCUT2D eigenvalue weighted by Crippen LogP contribution is -2.32. The van der Waals surface area contributed by atoms with E-state index in [1.807, 2.05) is 13.8 Å². The summed E-state index contributed by atoms with van der Waals surface area (Å²) < 4.78 is 23.7. The molecule has 12 heteroatoms. The van der Waals surface area contributed by atoms with Gasteiger partial charge >= 0.3 is 0 Å². The molecule has 0 saturated carbocycles. The number of aliphatic hydroxyl groups is 2. The molecule has 3 heterocycles. The number of hydrogen-bond acceptors (Lipinski definition) is 9. The zero-order valence-corrected chi connectivity index (χ0v) is 27.1. The molecule has 0 amide bonds. The van der Waals surface area contributed by atoms with Crippen LogP contribution in [0.25, 0.3) is 27.7 Å². The molecule has 0 spiro atoms. The Bertz CT molecular complexity index is 2100. The standard InChI is InChI=1S/C35H37FN6O5/c1-34(2,19-37-5)22-14-21-12-13-42(33(46)31(21)26(36)15-22)29-9-7-8-24(25(29)18-43)27-16-28(32(45)41(6)40-27)39-30-11-10-23(17-38-30)47-35(3,4)20-44/h7-17,19,43-44H,18,20H2,1-6H3,(H,38,39)/b37-19+. The van der Waals surface area contributed by atoms with Crippen molar-refractivity contribution in [1.29, 1.82) is 0 Å². The van der Waals surface area contributed by atoms with Crippen molar-refractivity contribution in [1.82, 2.24) is 19.3 Å². The number of anilines is 2. The smallest absolute Gasteiger partial charge is 0.290 e. The van der Waals surface area contributed by atoms with Crippen molar-refractivity contribution < 1.29 is 19.3 Å². The number of benzene rings is 2. The monoisotopic (exact) mass is 640 g/mol. The number of aryl methyl sites for hydroxylation is 1. The van der Waals surface area contributed by atoms with Gasteiger partial charge in [0.15, 0.2) is 0 Å². The second-order valence-electron chi connectivity index (χ2n) is 12.4. The summed E-state index contributed by atoms with van der Waals surface area (Å²) in [7, 11) is 3.15. The quantitative estimate of drug-likeness (QED) is 0.187. The fourth-order valence-electron chi connectivity index (χ4n) is 5.33. The summed E-state index contributed by atoms with van der Waals surface area (Å²) in [6.45, 7) is 6.66. The average molecular weight is 641 g/mol. The number of ether oxygens (including phenoxy) is 1. The van der Waals surface area contributed by atoms with E-state index in [0.717, 1.165) is 4.68 Å². The van der Waals surface area contributed by atoms with E-state index in [-0.39, 0.29) is 17.7 Å². The zero-order valence-electron chi connectivity index (χ0n) is 27.1. The molecule has 0 fully saturated rings. The topological polar surface area (TPSA) is 144 Å². The van der Waals surface area contributed by atoms with Crippen molar-refractivity contribution in [2.24, 2.45) is 12.0 Å². The number of nitrogens with one attached hydrogen (secondary N) is 1. The normalized spacial score (nSPS) is 12.2. The molecular formula is C35H37FN6O5. The number of rotatable bonds is 10. The van der Waals surface area contributed by atoms with Gasteiger partial charge in [0.2, 0.25) is 0 Å². The minimum atomic E-state index is -0.789. The molecule has 11 nitrogen and oxygen atoms in total. The first-order valence-electron chi connectivity index (χ1n) is 14.9. The first-order chi connectivity index (χ1) is 22.3. The fourth-order valence-corrected chi connectivity index (χ4v) is 5.33. The first kappa shape index (κ1) is 33.2. The molecule has 5 aromatic rings. The van der Waals surface area contributed by atoms with Crippen LogP contribution in [0.1, 0.15) is 38.8 Å². The molecule has 244 valence electrons. The maximum atomic E-state index is 15.5. The number of nitrogens with zero attached hydrogens (tertiary/aromatic N) is 5. The molecule has 0 saturated heterocycles. The Balaban J connectivity index is 1.55. The molecule has 0 aliphatic rings. The van der Waals surface area contributed by atoms with Crippen LogP contribution in [0.5, 0.6) is 5.75 Å². The van der Waals surface area contributed by atoms with Crippen molar-refractivity contribution in [3.05, 3.63) is 105 Å². The summed E-state index contributed by atoms with van der Waals surface area (Å²) in [5.74, 6) is 0.154. The number of aromatic nitrogens is 4. The van der Waals surface area contributed by atoms with Crippen LogP contribution in [0, 0.1) is 5.82 Å². The van der Waals surface area contributed by atoms with Gasteiger partial charge in [0.05, 0.1) is 36.2 Å². The minimum Gasteiger partial charge on any atom is -0.484 e. The predicted octanol–water partition coefficient (Wildman–Crippen LogP) is 4.65. The van der Waals surface area contributed by atoms with Crippen LogP contribution in [0.4, 0.5) is 15.9 Å². The van der Waals surface area contributed by atoms with Crippen LogP contribution in [0.3, 0.4) is 0 Å². The number of fused-ring (bicyclic) bond motifs is 1. The summed E-state index contributed by atoms with van der Waals surface area (Å²) in [5.41, 5.74) is 0.0108. The van der Waals surface area contributed by atoms with Crippen LogP contribution < -0.4 is 21.2 Å². The largest absolute Gasteiger partial charge is 0.484 e. The maximum absolute atomic E-state index is 15.5. The lowest BCUT2D eigenvalue weighted by molar-refractivity contribution is 0.0410. The lowest BCUT2D eigenvalue weighted by Gasteiger charge is -2.23. The molecule has 47 heavy (non-hydrogen) atoms. The second-order valence-corrected chi connectivity index (χ2v) is 12.4. The van der Waals surface area contributed by atoms with Gasteiger partial charge in [0, 0.05) is 43.0 Å². The third-order valence-electron chi connectivity index (χ3n) is 7.83. The molecule has 3 aromatic heterocycles. The van der Waals surface area contributed by atoms with Gasteiger partial charge in [-0.3, -0.25) is 19.1 Å². The summed E-state index contributed by atoms with van der Waals surface area (Å²) >= 11 is 0. The van der Waals surface area contributed by atoms with Crippen molar-refractivity contribution >= 4 is 28.5 Å². The first-order valence-corrected chi connectivity index (χ1v) is 14.9. The third-order valence-corrected chi connectivity index (χ3v) is 7.83. The van der Waals surface area contributed by atoms with Crippen LogP contribution in [-0.2, 0) is 19.1 Å². The van der Waals surface area contributed by atoms with E-state index in [0.29, 0.717) is 45.0 Å². The van der Waals surface area contributed by atoms with Gasteiger partial charge in [-0.05, 0) is 67.3 Å². The third kappa shape index (κ3) is 6.69. The Labute approximate surface area is 270 Å². The SMILES string of the molecule is C/N=C/C(C)(C)c1cc(F)c2c(=O)n(-c3cccc(-c4cc(Nc5ccc(OC(C)(C)CO)cn5)c(=O)n(C)n4)c3CO)ccc2c1. The van der Waals surface area contributed by atoms with Crippen molar-refractivity contribution in [2.45, 2.75) is 45.3 Å². The van der Waals surface area contributed by atoms with Gasteiger partial charge in [0.1, 0.15) is 28.7 Å². The van der Waals surface area contributed by atoms with E-state index in [9.17, 15) is 19.8 Å². The Hall–Kier alpha value is -5.20. The highest BCUT2D eigenvalue weighted by Gasteiger charge is 2.23. The van der Waals surface area contributed by atoms with Gasteiger partial charge in [-0.2, -0.15) is 5.10 Å². The number of hydrogen-bond donors (Lipinski definition) is 3. The molecule has 0 radical (unpaired) electrons. The van der Waals surface area contributed by atoms with E-state index in [4.69, 9.17) is 4.74 Å². The van der Waals surface area contributed by atoms with Gasteiger partial charge in [0.25, 0.3) is 11.1 Å². The Morgan fingerprint density at radius 2 is 1.81 bits per heavy atom. The molecule has 3 N–H and O–H groups in total. The summed E-state index contributed by atoms with van der Waals surface area (Å²) in [4.78, 5) is 35.2. The molecule has 0 atom stereocenters. The van der Waals surface area contributed by atoms with E-state index in [1.165, 1.54) is 29.9 Å². The number of pyridine rings is 2. The van der Waals surface area contributed by atoms with Crippen molar-refractivity contribution in [3.63, 3.8) is 0 Å². The highest BCUT2D eigenvalue weighted by atomic mass is 19.1. The summed E-state index contributed by atoms with van der Waals surface area (Å²) in [6.07, 6.45) is 4.75. The van der Waals surface area contributed by atoms with E-state index in [1.54, 1.807) is 75.8 Å². The van der Waals surface area contributed by atoms with E-state index in [2.05, 4.69) is 20.4 Å². The Kier molecular flexibility index (Phi) is 9.10.